The second-order valence-corrected chi connectivity index (χ2v) is 5.26. The van der Waals surface area contributed by atoms with E-state index in [4.69, 9.17) is 10.5 Å². The summed E-state index contributed by atoms with van der Waals surface area (Å²) in [5.74, 6) is 0.0971. The topological polar surface area (TPSA) is 67.6 Å². The Bertz CT molecular complexity index is 262. The van der Waals surface area contributed by atoms with Crippen molar-refractivity contribution in [1.82, 2.24) is 10.2 Å². The quantitative estimate of drug-likeness (QED) is 0.768. The third kappa shape index (κ3) is 8.27. The first-order valence-corrected chi connectivity index (χ1v) is 6.87. The lowest BCUT2D eigenvalue weighted by molar-refractivity contribution is -0.122. The molecule has 1 fully saturated rings. The van der Waals surface area contributed by atoms with Crippen LogP contribution in [-0.2, 0) is 9.53 Å². The summed E-state index contributed by atoms with van der Waals surface area (Å²) in [6.07, 6.45) is 1.25. The van der Waals surface area contributed by atoms with Crippen LogP contribution in [0.2, 0.25) is 0 Å². The first-order valence-electron chi connectivity index (χ1n) is 6.87. The number of rotatable bonds is 6. The van der Waals surface area contributed by atoms with E-state index in [1.165, 1.54) is 0 Å². The number of carbonyl (C=O) groups excluding carboxylic acids is 1. The molecule has 1 aliphatic heterocycles. The minimum absolute atomic E-state index is 0. The van der Waals surface area contributed by atoms with Crippen molar-refractivity contribution in [3.63, 3.8) is 0 Å². The van der Waals surface area contributed by atoms with Crippen molar-refractivity contribution in [2.45, 2.75) is 51.7 Å². The summed E-state index contributed by atoms with van der Waals surface area (Å²) in [4.78, 5) is 14.1. The van der Waals surface area contributed by atoms with E-state index in [1.807, 2.05) is 6.92 Å². The van der Waals surface area contributed by atoms with Crippen molar-refractivity contribution in [3.05, 3.63) is 0 Å². The fraction of sp³-hybridized carbons (Fsp3) is 0.923. The van der Waals surface area contributed by atoms with Gasteiger partial charge in [-0.25, -0.2) is 0 Å². The number of hydrogen-bond donors (Lipinski definition) is 2. The Morgan fingerprint density at radius 2 is 1.80 bits per heavy atom. The lowest BCUT2D eigenvalue weighted by Gasteiger charge is -2.35. The van der Waals surface area contributed by atoms with Crippen molar-refractivity contribution >= 4 is 30.7 Å². The highest BCUT2D eigenvalue weighted by Crippen LogP contribution is 2.07. The average Bonchev–Trinajstić information content (AvgIpc) is 2.36. The SMILES string of the molecule is CC(N)CCC(=O)NC(C)C(C)N1CCOCC1.Cl.Cl. The molecular weight excluding hydrogens is 301 g/mol. The Hall–Kier alpha value is -0.0700. The maximum atomic E-state index is 11.7. The summed E-state index contributed by atoms with van der Waals surface area (Å²) in [5.41, 5.74) is 5.65. The molecule has 0 aromatic heterocycles. The van der Waals surface area contributed by atoms with E-state index in [1.54, 1.807) is 0 Å². The molecule has 3 atom stereocenters. The van der Waals surface area contributed by atoms with Gasteiger partial charge in [0.05, 0.1) is 13.2 Å². The van der Waals surface area contributed by atoms with Crippen LogP contribution in [0.25, 0.3) is 0 Å². The molecule has 0 radical (unpaired) electrons. The van der Waals surface area contributed by atoms with Gasteiger partial charge in [-0.1, -0.05) is 0 Å². The van der Waals surface area contributed by atoms with Crippen LogP contribution >= 0.6 is 24.8 Å². The molecule has 1 heterocycles. The number of nitrogens with one attached hydrogen (secondary N) is 1. The Labute approximate surface area is 134 Å². The summed E-state index contributed by atoms with van der Waals surface area (Å²) in [7, 11) is 0. The number of amides is 1. The summed E-state index contributed by atoms with van der Waals surface area (Å²) in [5, 5.41) is 3.06. The number of nitrogens with zero attached hydrogens (tertiary/aromatic N) is 1. The van der Waals surface area contributed by atoms with Gasteiger partial charge in [-0.2, -0.15) is 0 Å². The van der Waals surface area contributed by atoms with Crippen LogP contribution in [0.4, 0.5) is 0 Å². The van der Waals surface area contributed by atoms with E-state index in [2.05, 4.69) is 24.1 Å². The molecule has 122 valence electrons. The first kappa shape index (κ1) is 22.2. The van der Waals surface area contributed by atoms with Gasteiger partial charge in [-0.3, -0.25) is 9.69 Å². The average molecular weight is 330 g/mol. The molecule has 5 nitrogen and oxygen atoms in total. The number of carbonyl (C=O) groups is 1. The van der Waals surface area contributed by atoms with Gasteiger partial charge in [0, 0.05) is 37.6 Å². The molecule has 0 spiro atoms. The van der Waals surface area contributed by atoms with Crippen LogP contribution < -0.4 is 11.1 Å². The molecule has 20 heavy (non-hydrogen) atoms. The van der Waals surface area contributed by atoms with E-state index >= 15 is 0 Å². The van der Waals surface area contributed by atoms with Crippen LogP contribution in [0.15, 0.2) is 0 Å². The van der Waals surface area contributed by atoms with Gasteiger partial charge in [0.2, 0.25) is 5.91 Å². The molecule has 0 aromatic carbocycles. The summed E-state index contributed by atoms with van der Waals surface area (Å²) < 4.78 is 5.33. The minimum Gasteiger partial charge on any atom is -0.379 e. The van der Waals surface area contributed by atoms with Gasteiger partial charge >= 0.3 is 0 Å². The Kier molecular flexibility index (Phi) is 12.9. The number of halogens is 2. The predicted molar refractivity (Wildman–Crippen MR) is 86.8 cm³/mol. The fourth-order valence-electron chi connectivity index (χ4n) is 2.11. The van der Waals surface area contributed by atoms with Crippen LogP contribution in [0.5, 0.6) is 0 Å². The number of nitrogens with two attached hydrogens (primary N) is 1. The molecule has 1 amide bonds. The monoisotopic (exact) mass is 329 g/mol. The maximum absolute atomic E-state index is 11.7. The first-order chi connectivity index (χ1) is 8.50. The minimum atomic E-state index is 0. The van der Waals surface area contributed by atoms with Crippen molar-refractivity contribution in [1.29, 1.82) is 0 Å². The maximum Gasteiger partial charge on any atom is 0.220 e. The van der Waals surface area contributed by atoms with Crippen molar-refractivity contribution in [3.8, 4) is 0 Å². The third-order valence-corrected chi connectivity index (χ3v) is 3.56. The van der Waals surface area contributed by atoms with E-state index < -0.39 is 0 Å². The molecule has 1 saturated heterocycles. The zero-order valence-electron chi connectivity index (χ0n) is 12.6. The Morgan fingerprint density at radius 1 is 1.25 bits per heavy atom. The zero-order chi connectivity index (χ0) is 13.5. The predicted octanol–water partition coefficient (Wildman–Crippen LogP) is 1.18. The fourth-order valence-corrected chi connectivity index (χ4v) is 2.11. The molecule has 3 N–H and O–H groups in total. The molecule has 0 aromatic rings. The molecule has 7 heteroatoms. The number of ether oxygens (including phenoxy) is 1. The second-order valence-electron chi connectivity index (χ2n) is 5.26. The zero-order valence-corrected chi connectivity index (χ0v) is 14.3. The highest BCUT2D eigenvalue weighted by molar-refractivity contribution is 5.85. The van der Waals surface area contributed by atoms with Gasteiger partial charge in [0.15, 0.2) is 0 Å². The van der Waals surface area contributed by atoms with Gasteiger partial charge in [0.25, 0.3) is 0 Å². The van der Waals surface area contributed by atoms with Gasteiger partial charge in [-0.05, 0) is 27.2 Å². The third-order valence-electron chi connectivity index (χ3n) is 3.56. The van der Waals surface area contributed by atoms with E-state index in [-0.39, 0.29) is 42.8 Å². The van der Waals surface area contributed by atoms with Crippen molar-refractivity contribution in [2.24, 2.45) is 5.73 Å². The van der Waals surface area contributed by atoms with Gasteiger partial charge in [-0.15, -0.1) is 24.8 Å². The van der Waals surface area contributed by atoms with E-state index in [0.29, 0.717) is 12.5 Å². The Morgan fingerprint density at radius 3 is 2.30 bits per heavy atom. The molecule has 0 bridgehead atoms. The van der Waals surface area contributed by atoms with Crippen LogP contribution in [0, 0.1) is 0 Å². The number of morpholine rings is 1. The normalized spacial score (nSPS) is 20.0. The number of hydrogen-bond acceptors (Lipinski definition) is 4. The molecule has 1 aliphatic rings. The Balaban J connectivity index is 0. The van der Waals surface area contributed by atoms with Crippen LogP contribution in [0.3, 0.4) is 0 Å². The highest BCUT2D eigenvalue weighted by atomic mass is 35.5. The molecular formula is C13H29Cl2N3O2. The smallest absolute Gasteiger partial charge is 0.220 e. The lowest BCUT2D eigenvalue weighted by Crippen LogP contribution is -2.52. The lowest BCUT2D eigenvalue weighted by atomic mass is 10.1. The second kappa shape index (κ2) is 11.6. The molecule has 3 unspecified atom stereocenters. The molecule has 0 saturated carbocycles. The van der Waals surface area contributed by atoms with Crippen LogP contribution in [-0.4, -0.2) is 55.2 Å². The summed E-state index contributed by atoms with van der Waals surface area (Å²) in [6.45, 7) is 9.60. The molecule has 1 rings (SSSR count). The van der Waals surface area contributed by atoms with Gasteiger partial charge in [0.1, 0.15) is 0 Å². The summed E-state index contributed by atoms with van der Waals surface area (Å²) >= 11 is 0. The summed E-state index contributed by atoms with van der Waals surface area (Å²) in [6, 6.07) is 0.583. The van der Waals surface area contributed by atoms with E-state index in [9.17, 15) is 4.79 Å². The standard InChI is InChI=1S/C13H27N3O2.2ClH/c1-10(14)4-5-13(17)15-11(2)12(3)16-6-8-18-9-7-16;;/h10-12H,4-9,14H2,1-3H3,(H,15,17);2*1H. The van der Waals surface area contributed by atoms with Crippen LogP contribution in [0.1, 0.15) is 33.6 Å². The largest absolute Gasteiger partial charge is 0.379 e. The van der Waals surface area contributed by atoms with Gasteiger partial charge < -0.3 is 15.8 Å². The van der Waals surface area contributed by atoms with E-state index in [0.717, 1.165) is 32.7 Å². The van der Waals surface area contributed by atoms with Crippen molar-refractivity contribution in [2.75, 3.05) is 26.3 Å². The molecule has 0 aliphatic carbocycles. The van der Waals surface area contributed by atoms with Crippen molar-refractivity contribution < 1.29 is 9.53 Å². The highest BCUT2D eigenvalue weighted by Gasteiger charge is 2.23.